The Kier molecular flexibility index (Phi) is 4.37. The van der Waals surface area contributed by atoms with E-state index in [9.17, 15) is 9.90 Å². The van der Waals surface area contributed by atoms with Gasteiger partial charge in [0.15, 0.2) is 0 Å². The summed E-state index contributed by atoms with van der Waals surface area (Å²) in [6, 6.07) is 6.07. The summed E-state index contributed by atoms with van der Waals surface area (Å²) in [5.41, 5.74) is 6.84. The molecule has 0 bridgehead atoms. The summed E-state index contributed by atoms with van der Waals surface area (Å²) in [6.45, 7) is 0.398. The van der Waals surface area contributed by atoms with E-state index in [4.69, 9.17) is 5.73 Å². The van der Waals surface area contributed by atoms with Crippen molar-refractivity contribution >= 4 is 5.91 Å². The number of phenols is 1. The number of H-pyrrole nitrogens is 1. The molecule has 0 radical (unpaired) electrons. The number of amides is 1. The number of aromatic amines is 1. The number of benzene rings is 1. The van der Waals surface area contributed by atoms with Crippen molar-refractivity contribution in [2.24, 2.45) is 5.73 Å². The third-order valence-electron chi connectivity index (χ3n) is 3.03. The highest BCUT2D eigenvalue weighted by molar-refractivity contribution is 5.81. The number of nitrogens with two attached hydrogens (primary N) is 1. The van der Waals surface area contributed by atoms with Crippen LogP contribution in [0.3, 0.4) is 0 Å². The van der Waals surface area contributed by atoms with Crippen LogP contribution in [0.4, 0.5) is 0 Å². The Morgan fingerprint density at radius 1 is 1.45 bits per heavy atom. The number of hydrogen-bond donors (Lipinski definition) is 3. The van der Waals surface area contributed by atoms with E-state index in [1.807, 2.05) is 0 Å². The molecule has 0 aliphatic rings. The average molecular weight is 274 g/mol. The molecule has 0 saturated heterocycles. The fraction of sp³-hybridized carbons (Fsp3) is 0.286. The lowest BCUT2D eigenvalue weighted by atomic mass is 10.1. The summed E-state index contributed by atoms with van der Waals surface area (Å²) < 4.78 is 0. The summed E-state index contributed by atoms with van der Waals surface area (Å²) in [4.78, 5) is 20.7. The van der Waals surface area contributed by atoms with Gasteiger partial charge in [-0.1, -0.05) is 12.1 Å². The summed E-state index contributed by atoms with van der Waals surface area (Å²) in [5.74, 6) is 0.774. The van der Waals surface area contributed by atoms with Gasteiger partial charge in [0.05, 0.1) is 12.6 Å². The minimum absolute atomic E-state index is 0.144. The van der Waals surface area contributed by atoms with Crippen molar-refractivity contribution < 1.29 is 9.90 Å². The monoisotopic (exact) mass is 274 g/mol. The van der Waals surface area contributed by atoms with Gasteiger partial charge in [-0.05, 0) is 24.1 Å². The fourth-order valence-electron chi connectivity index (χ4n) is 1.94. The van der Waals surface area contributed by atoms with Crippen LogP contribution in [0.5, 0.6) is 5.75 Å². The number of nitrogens with one attached hydrogen (secondary N) is 1. The largest absolute Gasteiger partial charge is 0.508 e. The van der Waals surface area contributed by atoms with Crippen LogP contribution in [0.15, 0.2) is 36.7 Å². The average Bonchev–Trinajstić information content (AvgIpc) is 2.93. The second-order valence-corrected chi connectivity index (χ2v) is 4.71. The first-order chi connectivity index (χ1) is 9.56. The topological polar surface area (TPSA) is 95.2 Å². The lowest BCUT2D eigenvalue weighted by molar-refractivity contribution is -0.131. The van der Waals surface area contributed by atoms with E-state index in [2.05, 4.69) is 9.97 Å². The predicted octanol–water partition coefficient (Wildman–Crippen LogP) is 0.644. The first-order valence-electron chi connectivity index (χ1n) is 6.33. The summed E-state index contributed by atoms with van der Waals surface area (Å²) in [6.07, 6.45) is 3.79. The Labute approximate surface area is 117 Å². The number of nitrogens with zero attached hydrogens (tertiary/aromatic N) is 2. The van der Waals surface area contributed by atoms with Gasteiger partial charge >= 0.3 is 0 Å². The molecule has 0 aliphatic carbocycles. The first kappa shape index (κ1) is 14.1. The van der Waals surface area contributed by atoms with E-state index < -0.39 is 6.04 Å². The van der Waals surface area contributed by atoms with Crippen LogP contribution in [0.2, 0.25) is 0 Å². The van der Waals surface area contributed by atoms with Gasteiger partial charge < -0.3 is 20.7 Å². The Morgan fingerprint density at radius 2 is 2.15 bits per heavy atom. The Hall–Kier alpha value is -2.34. The standard InChI is InChI=1S/C14H18N4O2/c1-18(9-13-16-6-7-17-13)14(20)12(15)8-10-2-4-11(19)5-3-10/h2-7,12,19H,8-9,15H2,1H3,(H,16,17)/t12-/m1/s1. The zero-order chi connectivity index (χ0) is 14.5. The smallest absolute Gasteiger partial charge is 0.239 e. The molecule has 20 heavy (non-hydrogen) atoms. The lowest BCUT2D eigenvalue weighted by Crippen LogP contribution is -2.42. The van der Waals surface area contributed by atoms with Gasteiger partial charge in [0.1, 0.15) is 11.6 Å². The molecule has 2 aromatic rings. The molecular weight excluding hydrogens is 256 g/mol. The van der Waals surface area contributed by atoms with Gasteiger partial charge in [0.25, 0.3) is 0 Å². The van der Waals surface area contributed by atoms with Gasteiger partial charge in [0, 0.05) is 19.4 Å². The summed E-state index contributed by atoms with van der Waals surface area (Å²) >= 11 is 0. The number of imidazole rings is 1. The number of hydrogen-bond acceptors (Lipinski definition) is 4. The molecule has 0 aliphatic heterocycles. The molecule has 1 heterocycles. The van der Waals surface area contributed by atoms with Crippen LogP contribution in [0, 0.1) is 0 Å². The molecule has 1 atom stereocenters. The molecule has 106 valence electrons. The zero-order valence-electron chi connectivity index (χ0n) is 11.3. The van der Waals surface area contributed by atoms with Gasteiger partial charge in [-0.3, -0.25) is 4.79 Å². The quantitative estimate of drug-likeness (QED) is 0.745. The Balaban J connectivity index is 1.92. The molecule has 0 unspecified atom stereocenters. The normalized spacial score (nSPS) is 12.1. The van der Waals surface area contributed by atoms with E-state index in [-0.39, 0.29) is 11.7 Å². The molecule has 0 spiro atoms. The number of likely N-dealkylation sites (N-methyl/N-ethyl adjacent to an activating group) is 1. The number of aromatic nitrogens is 2. The van der Waals surface area contributed by atoms with Crippen molar-refractivity contribution in [3.63, 3.8) is 0 Å². The van der Waals surface area contributed by atoms with Gasteiger partial charge in [-0.25, -0.2) is 4.98 Å². The van der Waals surface area contributed by atoms with E-state index in [1.54, 1.807) is 48.6 Å². The Morgan fingerprint density at radius 3 is 2.75 bits per heavy atom. The molecule has 6 nitrogen and oxygen atoms in total. The molecule has 4 N–H and O–H groups in total. The molecular formula is C14H18N4O2. The van der Waals surface area contributed by atoms with Crippen LogP contribution in [-0.2, 0) is 17.8 Å². The third-order valence-corrected chi connectivity index (χ3v) is 3.03. The molecule has 2 rings (SSSR count). The highest BCUT2D eigenvalue weighted by atomic mass is 16.3. The maximum absolute atomic E-state index is 12.2. The SMILES string of the molecule is CN(Cc1ncc[nH]1)C(=O)[C@H](N)Cc1ccc(O)cc1. The number of carbonyl (C=O) groups is 1. The Bertz CT molecular complexity index is 551. The molecule has 6 heteroatoms. The van der Waals surface area contributed by atoms with Crippen LogP contribution >= 0.6 is 0 Å². The van der Waals surface area contributed by atoms with Crippen molar-refractivity contribution in [2.45, 2.75) is 19.0 Å². The zero-order valence-corrected chi connectivity index (χ0v) is 11.3. The van der Waals surface area contributed by atoms with E-state index >= 15 is 0 Å². The number of phenolic OH excluding ortho intramolecular Hbond substituents is 1. The van der Waals surface area contributed by atoms with Crippen molar-refractivity contribution in [1.29, 1.82) is 0 Å². The van der Waals surface area contributed by atoms with E-state index in [0.717, 1.165) is 11.4 Å². The van der Waals surface area contributed by atoms with Crippen LogP contribution in [-0.4, -0.2) is 39.0 Å². The van der Waals surface area contributed by atoms with Crippen molar-refractivity contribution in [1.82, 2.24) is 14.9 Å². The van der Waals surface area contributed by atoms with Crippen molar-refractivity contribution in [3.8, 4) is 5.75 Å². The highest BCUT2D eigenvalue weighted by Crippen LogP contribution is 2.11. The lowest BCUT2D eigenvalue weighted by Gasteiger charge is -2.20. The molecule has 1 amide bonds. The summed E-state index contributed by atoms with van der Waals surface area (Å²) in [7, 11) is 1.70. The van der Waals surface area contributed by atoms with Gasteiger partial charge in [-0.15, -0.1) is 0 Å². The second kappa shape index (κ2) is 6.21. The molecule has 0 saturated carbocycles. The first-order valence-corrected chi connectivity index (χ1v) is 6.33. The second-order valence-electron chi connectivity index (χ2n) is 4.71. The number of carbonyl (C=O) groups excluding carboxylic acids is 1. The van der Waals surface area contributed by atoms with Gasteiger partial charge in [-0.2, -0.15) is 0 Å². The molecule has 0 fully saturated rings. The fourth-order valence-corrected chi connectivity index (χ4v) is 1.94. The minimum atomic E-state index is -0.612. The third kappa shape index (κ3) is 3.58. The highest BCUT2D eigenvalue weighted by Gasteiger charge is 2.19. The number of aromatic hydroxyl groups is 1. The number of rotatable bonds is 5. The maximum Gasteiger partial charge on any atom is 0.239 e. The van der Waals surface area contributed by atoms with E-state index in [0.29, 0.717) is 13.0 Å². The van der Waals surface area contributed by atoms with Crippen molar-refractivity contribution in [2.75, 3.05) is 7.05 Å². The molecule has 1 aromatic heterocycles. The van der Waals surface area contributed by atoms with Gasteiger partial charge in [0.2, 0.25) is 5.91 Å². The van der Waals surface area contributed by atoms with Crippen molar-refractivity contribution in [3.05, 3.63) is 48.0 Å². The maximum atomic E-state index is 12.2. The summed E-state index contributed by atoms with van der Waals surface area (Å²) in [5, 5.41) is 9.22. The van der Waals surface area contributed by atoms with Crippen LogP contribution < -0.4 is 5.73 Å². The van der Waals surface area contributed by atoms with Crippen LogP contribution in [0.25, 0.3) is 0 Å². The minimum Gasteiger partial charge on any atom is -0.508 e. The predicted molar refractivity (Wildman–Crippen MR) is 74.8 cm³/mol. The molecule has 1 aromatic carbocycles. The van der Waals surface area contributed by atoms with Crippen LogP contribution in [0.1, 0.15) is 11.4 Å². The van der Waals surface area contributed by atoms with E-state index in [1.165, 1.54) is 0 Å².